The summed E-state index contributed by atoms with van der Waals surface area (Å²) < 4.78 is 5.12. The summed E-state index contributed by atoms with van der Waals surface area (Å²) in [5.74, 6) is -0.198. The predicted octanol–water partition coefficient (Wildman–Crippen LogP) is 2.11. The van der Waals surface area contributed by atoms with E-state index >= 15 is 0 Å². The van der Waals surface area contributed by atoms with Crippen LogP contribution in [0.2, 0.25) is 0 Å². The van der Waals surface area contributed by atoms with Crippen LogP contribution in [0, 0.1) is 13.8 Å². The van der Waals surface area contributed by atoms with E-state index in [9.17, 15) is 14.4 Å². The molecule has 7 heteroatoms. The number of hydrogen-bond donors (Lipinski definition) is 1. The molecule has 1 saturated heterocycles. The molecule has 0 saturated carbocycles. The Kier molecular flexibility index (Phi) is 6.46. The molecule has 0 atom stereocenters. The molecule has 1 N–H and O–H groups in total. The largest absolute Gasteiger partial charge is 0.444 e. The van der Waals surface area contributed by atoms with Gasteiger partial charge in [-0.15, -0.1) is 0 Å². The monoisotopic (exact) mass is 375 g/mol. The van der Waals surface area contributed by atoms with Crippen LogP contribution in [0.3, 0.4) is 0 Å². The zero-order chi connectivity index (χ0) is 20.2. The van der Waals surface area contributed by atoms with Crippen LogP contribution in [0.5, 0.6) is 0 Å². The number of nitrogens with zero attached hydrogens (tertiary/aromatic N) is 2. The summed E-state index contributed by atoms with van der Waals surface area (Å²) in [6.45, 7) is 11.0. The molecule has 148 valence electrons. The summed E-state index contributed by atoms with van der Waals surface area (Å²) >= 11 is 0. The lowest BCUT2D eigenvalue weighted by Crippen LogP contribution is -2.52. The van der Waals surface area contributed by atoms with Crippen molar-refractivity contribution in [1.29, 1.82) is 0 Å². The van der Waals surface area contributed by atoms with E-state index in [0.29, 0.717) is 31.7 Å². The van der Waals surface area contributed by atoms with Crippen molar-refractivity contribution < 1.29 is 19.1 Å². The Morgan fingerprint density at radius 3 is 2.15 bits per heavy atom. The van der Waals surface area contributed by atoms with Gasteiger partial charge in [0.1, 0.15) is 12.1 Å². The fraction of sp³-hybridized carbons (Fsp3) is 0.550. The molecule has 0 radical (unpaired) electrons. The number of ether oxygens (including phenoxy) is 1. The van der Waals surface area contributed by atoms with Gasteiger partial charge in [0.25, 0.3) is 5.91 Å². The Labute approximate surface area is 160 Å². The Morgan fingerprint density at radius 2 is 1.59 bits per heavy atom. The number of aryl methyl sites for hydroxylation is 2. The van der Waals surface area contributed by atoms with Gasteiger partial charge in [0.05, 0.1) is 0 Å². The number of alkyl carbamates (subject to hydrolysis) is 1. The fourth-order valence-electron chi connectivity index (χ4n) is 2.79. The van der Waals surface area contributed by atoms with Crippen LogP contribution < -0.4 is 5.32 Å². The molecule has 2 rings (SSSR count). The van der Waals surface area contributed by atoms with Crippen molar-refractivity contribution >= 4 is 17.9 Å². The topological polar surface area (TPSA) is 79.0 Å². The minimum absolute atomic E-state index is 0.0166. The highest BCUT2D eigenvalue weighted by Gasteiger charge is 2.25. The van der Waals surface area contributed by atoms with Gasteiger partial charge in [-0.3, -0.25) is 9.59 Å². The normalized spacial score (nSPS) is 14.7. The van der Waals surface area contributed by atoms with Gasteiger partial charge < -0.3 is 19.9 Å². The van der Waals surface area contributed by atoms with E-state index in [0.717, 1.165) is 11.1 Å². The lowest BCUT2D eigenvalue weighted by atomic mass is 10.1. The number of amides is 3. The molecule has 1 aromatic carbocycles. The van der Waals surface area contributed by atoms with E-state index in [4.69, 9.17) is 4.74 Å². The van der Waals surface area contributed by atoms with Crippen LogP contribution in [-0.2, 0) is 9.53 Å². The molecule has 3 amide bonds. The van der Waals surface area contributed by atoms with E-state index in [2.05, 4.69) is 5.32 Å². The van der Waals surface area contributed by atoms with E-state index in [1.165, 1.54) is 0 Å². The summed E-state index contributed by atoms with van der Waals surface area (Å²) in [5.41, 5.74) is 2.31. The standard InChI is InChI=1S/C20H29N3O4/c1-14-6-7-16(12-15(14)2)18(25)23-10-8-22(9-11-23)17(24)13-21-19(26)27-20(3,4)5/h6-7,12H,8-11,13H2,1-5H3,(H,21,26). The summed E-state index contributed by atoms with van der Waals surface area (Å²) in [7, 11) is 0. The summed E-state index contributed by atoms with van der Waals surface area (Å²) in [4.78, 5) is 39.9. The second kappa shape index (κ2) is 8.41. The summed E-state index contributed by atoms with van der Waals surface area (Å²) in [5, 5.41) is 2.47. The molecule has 7 nitrogen and oxygen atoms in total. The zero-order valence-corrected chi connectivity index (χ0v) is 16.8. The molecule has 1 aliphatic heterocycles. The average molecular weight is 375 g/mol. The van der Waals surface area contributed by atoms with E-state index in [1.54, 1.807) is 30.6 Å². The molecule has 0 aromatic heterocycles. The van der Waals surface area contributed by atoms with Gasteiger partial charge in [-0.2, -0.15) is 0 Å². The first-order valence-corrected chi connectivity index (χ1v) is 9.18. The number of carbonyl (C=O) groups excluding carboxylic acids is 3. The molecule has 0 aliphatic carbocycles. The Bertz CT molecular complexity index is 716. The number of carbonyl (C=O) groups is 3. The first kappa shape index (κ1) is 20.7. The van der Waals surface area contributed by atoms with Crippen LogP contribution in [0.1, 0.15) is 42.3 Å². The first-order chi connectivity index (χ1) is 12.6. The molecular weight excluding hydrogens is 346 g/mol. The summed E-state index contributed by atoms with van der Waals surface area (Å²) in [6, 6.07) is 5.69. The highest BCUT2D eigenvalue weighted by molar-refractivity contribution is 5.94. The molecule has 1 heterocycles. The molecule has 0 bridgehead atoms. The van der Waals surface area contributed by atoms with Crippen molar-refractivity contribution in [3.05, 3.63) is 34.9 Å². The molecule has 1 fully saturated rings. The third kappa shape index (κ3) is 5.98. The average Bonchev–Trinajstić information content (AvgIpc) is 2.60. The molecular formula is C20H29N3O4. The Balaban J connectivity index is 1.82. The third-order valence-electron chi connectivity index (χ3n) is 4.46. The van der Waals surface area contributed by atoms with Crippen molar-refractivity contribution in [1.82, 2.24) is 15.1 Å². The molecule has 0 unspecified atom stereocenters. The second-order valence-electron chi connectivity index (χ2n) is 7.83. The lowest BCUT2D eigenvalue weighted by Gasteiger charge is -2.35. The molecule has 0 spiro atoms. The van der Waals surface area contributed by atoms with Crippen molar-refractivity contribution in [2.75, 3.05) is 32.7 Å². The molecule has 1 aromatic rings. The quantitative estimate of drug-likeness (QED) is 0.878. The second-order valence-corrected chi connectivity index (χ2v) is 7.83. The van der Waals surface area contributed by atoms with Gasteiger partial charge in [-0.25, -0.2) is 4.79 Å². The number of benzene rings is 1. The van der Waals surface area contributed by atoms with Crippen LogP contribution in [0.25, 0.3) is 0 Å². The number of rotatable bonds is 3. The van der Waals surface area contributed by atoms with Gasteiger partial charge in [0.15, 0.2) is 0 Å². The van der Waals surface area contributed by atoms with Gasteiger partial charge in [0, 0.05) is 31.7 Å². The van der Waals surface area contributed by atoms with Crippen LogP contribution in [0.4, 0.5) is 4.79 Å². The van der Waals surface area contributed by atoms with E-state index < -0.39 is 11.7 Å². The van der Waals surface area contributed by atoms with Crippen LogP contribution >= 0.6 is 0 Å². The van der Waals surface area contributed by atoms with Gasteiger partial charge in [0.2, 0.25) is 5.91 Å². The first-order valence-electron chi connectivity index (χ1n) is 9.18. The van der Waals surface area contributed by atoms with Crippen molar-refractivity contribution in [2.24, 2.45) is 0 Å². The zero-order valence-electron chi connectivity index (χ0n) is 16.8. The number of nitrogens with one attached hydrogen (secondary N) is 1. The maximum atomic E-state index is 12.6. The SMILES string of the molecule is Cc1ccc(C(=O)N2CCN(C(=O)CNC(=O)OC(C)(C)C)CC2)cc1C. The fourth-order valence-corrected chi connectivity index (χ4v) is 2.79. The number of piperazine rings is 1. The van der Waals surface area contributed by atoms with Crippen molar-refractivity contribution in [3.8, 4) is 0 Å². The Hall–Kier alpha value is -2.57. The van der Waals surface area contributed by atoms with Crippen molar-refractivity contribution in [3.63, 3.8) is 0 Å². The Morgan fingerprint density at radius 1 is 1.00 bits per heavy atom. The minimum atomic E-state index is -0.612. The van der Waals surface area contributed by atoms with Gasteiger partial charge in [-0.05, 0) is 57.9 Å². The van der Waals surface area contributed by atoms with Gasteiger partial charge in [-0.1, -0.05) is 6.07 Å². The van der Waals surface area contributed by atoms with Crippen LogP contribution in [-0.4, -0.2) is 66.0 Å². The van der Waals surface area contributed by atoms with Crippen molar-refractivity contribution in [2.45, 2.75) is 40.2 Å². The van der Waals surface area contributed by atoms with E-state index in [1.807, 2.05) is 32.0 Å². The van der Waals surface area contributed by atoms with Crippen LogP contribution in [0.15, 0.2) is 18.2 Å². The predicted molar refractivity (Wildman–Crippen MR) is 103 cm³/mol. The maximum Gasteiger partial charge on any atom is 0.408 e. The van der Waals surface area contributed by atoms with Gasteiger partial charge >= 0.3 is 6.09 Å². The molecule has 1 aliphatic rings. The van der Waals surface area contributed by atoms with E-state index in [-0.39, 0.29) is 18.4 Å². The maximum absolute atomic E-state index is 12.6. The lowest BCUT2D eigenvalue weighted by molar-refractivity contribution is -0.131. The molecule has 27 heavy (non-hydrogen) atoms. The third-order valence-corrected chi connectivity index (χ3v) is 4.46. The highest BCUT2D eigenvalue weighted by atomic mass is 16.6. The highest BCUT2D eigenvalue weighted by Crippen LogP contribution is 2.14. The minimum Gasteiger partial charge on any atom is -0.444 e. The smallest absolute Gasteiger partial charge is 0.408 e. The summed E-state index contributed by atoms with van der Waals surface area (Å²) in [6.07, 6.45) is -0.612. The number of hydrogen-bond acceptors (Lipinski definition) is 4.